The number of ether oxygens (including phenoxy) is 1. The number of hydrogen-bond donors (Lipinski definition) is 1. The third-order valence-corrected chi connectivity index (χ3v) is 5.04. The molecule has 0 unspecified atom stereocenters. The second-order valence-electron chi connectivity index (χ2n) is 6.02. The van der Waals surface area contributed by atoms with E-state index in [0.717, 1.165) is 37.4 Å². The minimum Gasteiger partial charge on any atom is -0.370 e. The van der Waals surface area contributed by atoms with E-state index >= 15 is 0 Å². The van der Waals surface area contributed by atoms with Gasteiger partial charge in [-0.15, -0.1) is 0 Å². The minimum absolute atomic E-state index is 0.0951. The van der Waals surface area contributed by atoms with Gasteiger partial charge in [0.05, 0.1) is 5.41 Å². The van der Waals surface area contributed by atoms with Crippen LogP contribution in [-0.4, -0.2) is 23.8 Å². The van der Waals surface area contributed by atoms with Crippen molar-refractivity contribution < 1.29 is 9.26 Å². The van der Waals surface area contributed by atoms with E-state index in [4.69, 9.17) is 15.0 Å². The summed E-state index contributed by atoms with van der Waals surface area (Å²) in [7, 11) is 1.73. The number of rotatable bonds is 4. The fourth-order valence-corrected chi connectivity index (χ4v) is 3.37. The van der Waals surface area contributed by atoms with Crippen LogP contribution in [-0.2, 0) is 15.8 Å². The lowest BCUT2D eigenvalue weighted by molar-refractivity contribution is -0.0858. The van der Waals surface area contributed by atoms with Crippen molar-refractivity contribution in [3.05, 3.63) is 11.7 Å². The van der Waals surface area contributed by atoms with E-state index in [1.165, 1.54) is 25.7 Å². The van der Waals surface area contributed by atoms with Gasteiger partial charge in [0.25, 0.3) is 0 Å². The molecule has 1 aromatic rings. The topological polar surface area (TPSA) is 74.2 Å². The molecule has 19 heavy (non-hydrogen) atoms. The molecule has 0 aliphatic heterocycles. The Balaban J connectivity index is 1.87. The van der Waals surface area contributed by atoms with Gasteiger partial charge in [-0.2, -0.15) is 4.98 Å². The van der Waals surface area contributed by atoms with Crippen molar-refractivity contribution in [2.24, 2.45) is 5.73 Å². The molecule has 0 spiro atoms. The third-order valence-electron chi connectivity index (χ3n) is 5.04. The van der Waals surface area contributed by atoms with Crippen molar-refractivity contribution in [3.63, 3.8) is 0 Å². The molecule has 5 nitrogen and oxygen atoms in total. The van der Waals surface area contributed by atoms with E-state index in [1.807, 2.05) is 0 Å². The first kappa shape index (κ1) is 13.1. The fraction of sp³-hybridized carbons (Fsp3) is 0.857. The van der Waals surface area contributed by atoms with Gasteiger partial charge in [0, 0.05) is 13.7 Å². The zero-order chi connectivity index (χ0) is 13.3. The van der Waals surface area contributed by atoms with Gasteiger partial charge in [-0.3, -0.25) is 0 Å². The molecule has 106 valence electrons. The van der Waals surface area contributed by atoms with Crippen molar-refractivity contribution in [1.82, 2.24) is 10.1 Å². The maximum absolute atomic E-state index is 6.01. The van der Waals surface area contributed by atoms with Crippen LogP contribution < -0.4 is 5.73 Å². The lowest BCUT2D eigenvalue weighted by Gasteiger charge is -2.37. The molecular formula is C14H23N3O2. The highest BCUT2D eigenvalue weighted by atomic mass is 16.5. The predicted octanol–water partition coefficient (Wildman–Crippen LogP) is 2.26. The Bertz CT molecular complexity index is 428. The van der Waals surface area contributed by atoms with E-state index in [2.05, 4.69) is 10.1 Å². The number of hydrogen-bond acceptors (Lipinski definition) is 5. The molecule has 0 bridgehead atoms. The normalized spacial score (nSPS) is 24.9. The fourth-order valence-electron chi connectivity index (χ4n) is 3.37. The van der Waals surface area contributed by atoms with Crippen LogP contribution in [0.5, 0.6) is 0 Å². The summed E-state index contributed by atoms with van der Waals surface area (Å²) in [6.45, 7) is 0.592. The average molecular weight is 265 g/mol. The van der Waals surface area contributed by atoms with E-state index in [-0.39, 0.29) is 11.0 Å². The Morgan fingerprint density at radius 2 is 1.89 bits per heavy atom. The van der Waals surface area contributed by atoms with E-state index < -0.39 is 0 Å². The highest BCUT2D eigenvalue weighted by molar-refractivity contribution is 5.13. The van der Waals surface area contributed by atoms with Gasteiger partial charge in [0.15, 0.2) is 0 Å². The minimum atomic E-state index is -0.299. The van der Waals surface area contributed by atoms with E-state index in [9.17, 15) is 0 Å². The SMILES string of the molecule is COC1(c2noc(C3(CN)CCCCC3)n2)CCC1. The summed E-state index contributed by atoms with van der Waals surface area (Å²) >= 11 is 0. The maximum Gasteiger partial charge on any atom is 0.234 e. The van der Waals surface area contributed by atoms with E-state index in [0.29, 0.717) is 6.54 Å². The van der Waals surface area contributed by atoms with Gasteiger partial charge in [-0.05, 0) is 32.1 Å². The summed E-state index contributed by atoms with van der Waals surface area (Å²) in [6.07, 6.45) is 8.94. The Kier molecular flexibility index (Phi) is 3.35. The van der Waals surface area contributed by atoms with Crippen LogP contribution in [0.1, 0.15) is 63.1 Å². The summed E-state index contributed by atoms with van der Waals surface area (Å²) in [6, 6.07) is 0. The first-order valence-corrected chi connectivity index (χ1v) is 7.35. The molecule has 2 aliphatic carbocycles. The molecule has 2 aliphatic rings. The van der Waals surface area contributed by atoms with E-state index in [1.54, 1.807) is 7.11 Å². The molecule has 3 rings (SSSR count). The summed E-state index contributed by atoms with van der Waals surface area (Å²) in [5, 5.41) is 4.18. The van der Waals surface area contributed by atoms with Gasteiger partial charge in [-0.25, -0.2) is 0 Å². The van der Waals surface area contributed by atoms with Crippen LogP contribution in [0.25, 0.3) is 0 Å². The Labute approximate surface area is 113 Å². The molecule has 0 saturated heterocycles. The van der Waals surface area contributed by atoms with Gasteiger partial charge in [0.2, 0.25) is 11.7 Å². The highest BCUT2D eigenvalue weighted by Crippen LogP contribution is 2.44. The van der Waals surface area contributed by atoms with Gasteiger partial charge >= 0.3 is 0 Å². The number of methoxy groups -OCH3 is 1. The quantitative estimate of drug-likeness (QED) is 0.903. The Hall–Kier alpha value is -0.940. The largest absolute Gasteiger partial charge is 0.370 e. The van der Waals surface area contributed by atoms with Crippen molar-refractivity contribution in [3.8, 4) is 0 Å². The maximum atomic E-state index is 6.01. The monoisotopic (exact) mass is 265 g/mol. The predicted molar refractivity (Wildman–Crippen MR) is 70.7 cm³/mol. The summed E-state index contributed by atoms with van der Waals surface area (Å²) in [4.78, 5) is 4.66. The molecular weight excluding hydrogens is 242 g/mol. The number of nitrogens with two attached hydrogens (primary N) is 1. The lowest BCUT2D eigenvalue weighted by atomic mass is 9.74. The molecule has 0 atom stereocenters. The molecule has 1 heterocycles. The molecule has 2 fully saturated rings. The number of nitrogens with zero attached hydrogens (tertiary/aromatic N) is 2. The molecule has 0 radical (unpaired) electrons. The van der Waals surface area contributed by atoms with Crippen LogP contribution in [0, 0.1) is 0 Å². The van der Waals surface area contributed by atoms with Crippen LogP contribution in [0.15, 0.2) is 4.52 Å². The van der Waals surface area contributed by atoms with Gasteiger partial charge < -0.3 is 15.0 Å². The summed E-state index contributed by atoms with van der Waals surface area (Å²) in [5.41, 5.74) is 5.61. The Morgan fingerprint density at radius 1 is 1.16 bits per heavy atom. The van der Waals surface area contributed by atoms with Crippen LogP contribution in [0.3, 0.4) is 0 Å². The average Bonchev–Trinajstić information content (AvgIpc) is 2.90. The third kappa shape index (κ3) is 1.99. The summed E-state index contributed by atoms with van der Waals surface area (Å²) < 4.78 is 11.2. The van der Waals surface area contributed by atoms with Crippen molar-refractivity contribution in [2.75, 3.05) is 13.7 Å². The molecule has 5 heteroatoms. The van der Waals surface area contributed by atoms with Crippen molar-refractivity contribution >= 4 is 0 Å². The van der Waals surface area contributed by atoms with Gasteiger partial charge in [-0.1, -0.05) is 24.4 Å². The van der Waals surface area contributed by atoms with Crippen LogP contribution in [0.2, 0.25) is 0 Å². The molecule has 2 saturated carbocycles. The summed E-state index contributed by atoms with van der Waals surface area (Å²) in [5.74, 6) is 1.45. The molecule has 2 N–H and O–H groups in total. The van der Waals surface area contributed by atoms with Crippen molar-refractivity contribution in [1.29, 1.82) is 0 Å². The smallest absolute Gasteiger partial charge is 0.234 e. The molecule has 0 amide bonds. The second kappa shape index (κ2) is 4.87. The molecule has 1 aromatic heterocycles. The van der Waals surface area contributed by atoms with Gasteiger partial charge in [0.1, 0.15) is 5.60 Å². The first-order chi connectivity index (χ1) is 9.25. The van der Waals surface area contributed by atoms with Crippen LogP contribution >= 0.6 is 0 Å². The van der Waals surface area contributed by atoms with Crippen LogP contribution in [0.4, 0.5) is 0 Å². The molecule has 0 aromatic carbocycles. The lowest BCUT2D eigenvalue weighted by Crippen LogP contribution is -2.39. The highest BCUT2D eigenvalue weighted by Gasteiger charge is 2.45. The second-order valence-corrected chi connectivity index (χ2v) is 6.02. The standard InChI is InChI=1S/C14H23N3O2/c1-18-14(8-5-9-14)11-16-12(19-17-11)13(10-15)6-3-2-4-7-13/h2-10,15H2,1H3. The van der Waals surface area contributed by atoms with Crippen molar-refractivity contribution in [2.45, 2.75) is 62.4 Å². The zero-order valence-corrected chi connectivity index (χ0v) is 11.7. The zero-order valence-electron chi connectivity index (χ0n) is 11.7. The number of aromatic nitrogens is 2. The first-order valence-electron chi connectivity index (χ1n) is 7.35. The Morgan fingerprint density at radius 3 is 2.42 bits per heavy atom.